The number of methoxy groups -OCH3 is 1. The molecule has 0 amide bonds. The van der Waals surface area contributed by atoms with E-state index < -0.39 is 17.3 Å². The number of hydrogen-bond donors (Lipinski definition) is 1. The molecule has 1 atom stereocenters. The molecule has 0 aromatic carbocycles. The van der Waals surface area contributed by atoms with Crippen molar-refractivity contribution in [3.8, 4) is 6.07 Å². The van der Waals surface area contributed by atoms with E-state index in [-0.39, 0.29) is 12.1 Å². The third kappa shape index (κ3) is 2.98. The van der Waals surface area contributed by atoms with Gasteiger partial charge in [-0.25, -0.2) is 9.37 Å². The number of esters is 1. The van der Waals surface area contributed by atoms with Crippen molar-refractivity contribution in [3.05, 3.63) is 29.3 Å². The van der Waals surface area contributed by atoms with Gasteiger partial charge >= 0.3 is 5.97 Å². The lowest BCUT2D eigenvalue weighted by Gasteiger charge is -2.23. The lowest BCUT2D eigenvalue weighted by molar-refractivity contribution is -0.141. The number of pyridine rings is 1. The molecule has 2 N–H and O–H groups in total. The molecule has 0 radical (unpaired) electrons. The molecule has 0 spiro atoms. The van der Waals surface area contributed by atoms with Crippen molar-refractivity contribution >= 4 is 5.97 Å². The quantitative estimate of drug-likeness (QED) is 0.786. The van der Waals surface area contributed by atoms with Crippen LogP contribution in [0.2, 0.25) is 0 Å². The number of halogens is 1. The third-order valence-electron chi connectivity index (χ3n) is 2.35. The molecule has 0 bridgehead atoms. The summed E-state index contributed by atoms with van der Waals surface area (Å²) >= 11 is 0. The molecule has 0 fully saturated rings. The molecule has 1 rings (SSSR count). The minimum atomic E-state index is -1.09. The summed E-state index contributed by atoms with van der Waals surface area (Å²) in [6.45, 7) is 1.56. The van der Waals surface area contributed by atoms with Crippen LogP contribution in [0.4, 0.5) is 4.39 Å². The molecule has 6 heteroatoms. The Morgan fingerprint density at radius 2 is 2.41 bits per heavy atom. The van der Waals surface area contributed by atoms with E-state index in [1.165, 1.54) is 13.3 Å². The number of nitriles is 1. The van der Waals surface area contributed by atoms with Gasteiger partial charge in [-0.15, -0.1) is 0 Å². The number of rotatable bonds is 3. The smallest absolute Gasteiger partial charge is 0.307 e. The number of hydrogen-bond acceptors (Lipinski definition) is 5. The second-order valence-electron chi connectivity index (χ2n) is 3.84. The van der Waals surface area contributed by atoms with Crippen molar-refractivity contribution in [2.75, 3.05) is 7.11 Å². The van der Waals surface area contributed by atoms with Crippen LogP contribution in [0.1, 0.15) is 24.6 Å². The summed E-state index contributed by atoms with van der Waals surface area (Å²) in [6, 6.07) is 2.71. The Morgan fingerprint density at radius 3 is 2.88 bits per heavy atom. The van der Waals surface area contributed by atoms with Crippen molar-refractivity contribution in [3.63, 3.8) is 0 Å². The molecule has 5 nitrogen and oxygen atoms in total. The maximum Gasteiger partial charge on any atom is 0.307 e. The Bertz CT molecular complexity index is 480. The highest BCUT2D eigenvalue weighted by Gasteiger charge is 2.26. The SMILES string of the molecule is COC(=O)C[C@](C)(N)c1cnc(C#N)c(F)c1. The first-order valence-corrected chi connectivity index (χ1v) is 4.82. The maximum absolute atomic E-state index is 13.3. The van der Waals surface area contributed by atoms with Gasteiger partial charge in [0.15, 0.2) is 11.5 Å². The van der Waals surface area contributed by atoms with Gasteiger partial charge in [-0.05, 0) is 18.6 Å². The van der Waals surface area contributed by atoms with E-state index in [9.17, 15) is 9.18 Å². The maximum atomic E-state index is 13.3. The fourth-order valence-electron chi connectivity index (χ4n) is 1.31. The molecule has 0 unspecified atom stereocenters. The van der Waals surface area contributed by atoms with E-state index >= 15 is 0 Å². The lowest BCUT2D eigenvalue weighted by Crippen LogP contribution is -2.36. The minimum absolute atomic E-state index is 0.101. The van der Waals surface area contributed by atoms with Gasteiger partial charge in [0.05, 0.1) is 19.1 Å². The second kappa shape index (κ2) is 4.89. The zero-order valence-corrected chi connectivity index (χ0v) is 9.53. The largest absolute Gasteiger partial charge is 0.469 e. The summed E-state index contributed by atoms with van der Waals surface area (Å²) in [4.78, 5) is 14.8. The number of nitrogens with zero attached hydrogens (tertiary/aromatic N) is 2. The van der Waals surface area contributed by atoms with Crippen molar-refractivity contribution in [1.29, 1.82) is 5.26 Å². The van der Waals surface area contributed by atoms with Crippen LogP contribution in [-0.2, 0) is 15.1 Å². The summed E-state index contributed by atoms with van der Waals surface area (Å²) in [7, 11) is 1.25. The molecule has 0 saturated carbocycles. The number of carbonyl (C=O) groups excluding carboxylic acids is 1. The van der Waals surface area contributed by atoms with Crippen LogP contribution in [0.3, 0.4) is 0 Å². The van der Waals surface area contributed by atoms with Crippen LogP contribution in [-0.4, -0.2) is 18.1 Å². The second-order valence-corrected chi connectivity index (χ2v) is 3.84. The molecular formula is C11H12FN3O2. The van der Waals surface area contributed by atoms with E-state index in [0.29, 0.717) is 5.56 Å². The molecule has 90 valence electrons. The fraction of sp³-hybridized carbons (Fsp3) is 0.364. The van der Waals surface area contributed by atoms with Gasteiger partial charge in [0.1, 0.15) is 6.07 Å². The molecule has 1 aromatic heterocycles. The minimum Gasteiger partial charge on any atom is -0.469 e. The molecule has 0 aliphatic heterocycles. The molecule has 1 heterocycles. The average molecular weight is 237 g/mol. The molecular weight excluding hydrogens is 225 g/mol. The van der Waals surface area contributed by atoms with Crippen molar-refractivity contribution in [2.24, 2.45) is 5.73 Å². The third-order valence-corrected chi connectivity index (χ3v) is 2.35. The van der Waals surface area contributed by atoms with Crippen molar-refractivity contribution in [2.45, 2.75) is 18.9 Å². The van der Waals surface area contributed by atoms with Gasteiger partial charge in [0.25, 0.3) is 0 Å². The van der Waals surface area contributed by atoms with E-state index in [1.807, 2.05) is 0 Å². The highest BCUT2D eigenvalue weighted by Crippen LogP contribution is 2.22. The van der Waals surface area contributed by atoms with E-state index in [4.69, 9.17) is 11.0 Å². The van der Waals surface area contributed by atoms with Gasteiger partial charge in [-0.1, -0.05) is 0 Å². The van der Waals surface area contributed by atoms with Gasteiger partial charge in [-0.2, -0.15) is 5.26 Å². The number of nitrogens with two attached hydrogens (primary N) is 1. The standard InChI is InChI=1S/C11H12FN3O2/c1-11(14,4-10(16)17-2)7-3-8(12)9(5-13)15-6-7/h3,6H,4,14H2,1-2H3/t11-/m0/s1. The van der Waals surface area contributed by atoms with Gasteiger partial charge in [0.2, 0.25) is 0 Å². The number of aromatic nitrogens is 1. The van der Waals surface area contributed by atoms with Crippen LogP contribution in [0.25, 0.3) is 0 Å². The summed E-state index contributed by atoms with van der Waals surface area (Å²) in [5.41, 5.74) is 4.83. The van der Waals surface area contributed by atoms with Crippen LogP contribution in [0.5, 0.6) is 0 Å². The first-order valence-electron chi connectivity index (χ1n) is 4.82. The first-order chi connectivity index (χ1) is 7.90. The number of ether oxygens (including phenoxy) is 1. The zero-order chi connectivity index (χ0) is 13.1. The lowest BCUT2D eigenvalue weighted by atomic mass is 9.91. The zero-order valence-electron chi connectivity index (χ0n) is 9.53. The van der Waals surface area contributed by atoms with Gasteiger partial charge in [0, 0.05) is 6.20 Å². The van der Waals surface area contributed by atoms with Crippen LogP contribution in [0.15, 0.2) is 12.3 Å². The summed E-state index contributed by atoms with van der Waals surface area (Å²) in [5, 5.41) is 8.54. The van der Waals surface area contributed by atoms with Gasteiger partial charge < -0.3 is 10.5 Å². The van der Waals surface area contributed by atoms with E-state index in [0.717, 1.165) is 6.07 Å². The van der Waals surface area contributed by atoms with Crippen LogP contribution >= 0.6 is 0 Å². The average Bonchev–Trinajstić information content (AvgIpc) is 2.28. The summed E-state index contributed by atoms with van der Waals surface area (Å²) in [6.07, 6.45) is 1.18. The molecule has 0 aliphatic rings. The Labute approximate surface area is 98.0 Å². The van der Waals surface area contributed by atoms with Crippen LogP contribution < -0.4 is 5.73 Å². The Morgan fingerprint density at radius 1 is 1.76 bits per heavy atom. The Kier molecular flexibility index (Phi) is 3.76. The topological polar surface area (TPSA) is 89.0 Å². The number of carbonyl (C=O) groups is 1. The summed E-state index contributed by atoms with van der Waals surface area (Å²) in [5.74, 6) is -1.26. The van der Waals surface area contributed by atoms with Crippen LogP contribution in [0, 0.1) is 17.1 Å². The highest BCUT2D eigenvalue weighted by atomic mass is 19.1. The predicted octanol–water partition coefficient (Wildman–Crippen LogP) is 0.829. The molecule has 0 saturated heterocycles. The Balaban J connectivity index is 3.04. The van der Waals surface area contributed by atoms with E-state index in [2.05, 4.69) is 9.72 Å². The van der Waals surface area contributed by atoms with Crippen molar-refractivity contribution < 1.29 is 13.9 Å². The fourth-order valence-corrected chi connectivity index (χ4v) is 1.31. The summed E-state index contributed by atoms with van der Waals surface area (Å²) < 4.78 is 17.8. The highest BCUT2D eigenvalue weighted by molar-refractivity contribution is 5.71. The van der Waals surface area contributed by atoms with Crippen molar-refractivity contribution in [1.82, 2.24) is 4.98 Å². The van der Waals surface area contributed by atoms with E-state index in [1.54, 1.807) is 13.0 Å². The normalized spacial score (nSPS) is 13.6. The molecule has 0 aliphatic carbocycles. The predicted molar refractivity (Wildman–Crippen MR) is 57.1 cm³/mol. The van der Waals surface area contributed by atoms with Gasteiger partial charge in [-0.3, -0.25) is 4.79 Å². The molecule has 1 aromatic rings. The molecule has 17 heavy (non-hydrogen) atoms. The first kappa shape index (κ1) is 13.1. The Hall–Kier alpha value is -2.00. The monoisotopic (exact) mass is 237 g/mol.